The normalized spacial score (nSPS) is 11.8. The van der Waals surface area contributed by atoms with E-state index < -0.39 is 12.0 Å². The van der Waals surface area contributed by atoms with Crippen molar-refractivity contribution in [3.8, 4) is 0 Å². The van der Waals surface area contributed by atoms with Crippen molar-refractivity contribution in [3.05, 3.63) is 71.5 Å². The Labute approximate surface area is 140 Å². The van der Waals surface area contributed by atoms with Crippen LogP contribution in [0.5, 0.6) is 0 Å². The summed E-state index contributed by atoms with van der Waals surface area (Å²) in [5, 5.41) is 2.97. The predicted octanol–water partition coefficient (Wildman–Crippen LogP) is 3.12. The van der Waals surface area contributed by atoms with E-state index in [1.165, 1.54) is 6.07 Å². The molecule has 0 radical (unpaired) electrons. The second-order valence-electron chi connectivity index (χ2n) is 5.26. The third-order valence-electron chi connectivity index (χ3n) is 3.55. The van der Waals surface area contributed by atoms with Crippen molar-refractivity contribution in [2.24, 2.45) is 0 Å². The van der Waals surface area contributed by atoms with Crippen LogP contribution in [0.4, 0.5) is 4.39 Å². The Morgan fingerprint density at radius 1 is 1.08 bits per heavy atom. The number of rotatable bonds is 8. The molecule has 1 atom stereocenters. The van der Waals surface area contributed by atoms with Crippen molar-refractivity contribution >= 4 is 11.8 Å². The van der Waals surface area contributed by atoms with Gasteiger partial charge in [-0.25, -0.2) is 4.39 Å². The van der Waals surface area contributed by atoms with E-state index in [4.69, 9.17) is 4.74 Å². The first-order valence-corrected chi connectivity index (χ1v) is 7.83. The van der Waals surface area contributed by atoms with Crippen LogP contribution in [0.3, 0.4) is 0 Å². The molecule has 0 heterocycles. The van der Waals surface area contributed by atoms with E-state index in [0.717, 1.165) is 0 Å². The summed E-state index contributed by atoms with van der Waals surface area (Å²) >= 11 is 0. The lowest BCUT2D eigenvalue weighted by Gasteiger charge is -2.17. The Morgan fingerprint density at radius 3 is 2.42 bits per heavy atom. The number of esters is 1. The fourth-order valence-electron chi connectivity index (χ4n) is 2.32. The molecule has 0 saturated carbocycles. The largest absolute Gasteiger partial charge is 0.466 e. The number of carbonyl (C=O) groups excluding carboxylic acids is 2. The highest BCUT2D eigenvalue weighted by molar-refractivity contribution is 6.01. The Bertz CT molecular complexity index is 688. The van der Waals surface area contributed by atoms with Crippen LogP contribution in [-0.4, -0.2) is 24.4 Å². The minimum Gasteiger partial charge on any atom is -0.466 e. The molecule has 2 aromatic rings. The molecule has 4 nitrogen and oxygen atoms in total. The smallest absolute Gasteiger partial charge is 0.307 e. The van der Waals surface area contributed by atoms with Gasteiger partial charge in [0.05, 0.1) is 19.1 Å². The van der Waals surface area contributed by atoms with Crippen LogP contribution < -0.4 is 5.32 Å². The maximum absolute atomic E-state index is 13.7. The average molecular weight is 329 g/mol. The minimum atomic E-state index is -0.772. The maximum Gasteiger partial charge on any atom is 0.307 e. The summed E-state index contributed by atoms with van der Waals surface area (Å²) in [5.41, 5.74) is 0.931. The van der Waals surface area contributed by atoms with Crippen LogP contribution >= 0.6 is 0 Å². The van der Waals surface area contributed by atoms with E-state index in [0.29, 0.717) is 11.1 Å². The first kappa shape index (κ1) is 17.8. The van der Waals surface area contributed by atoms with Crippen molar-refractivity contribution in [2.45, 2.75) is 25.9 Å². The van der Waals surface area contributed by atoms with Gasteiger partial charge in [-0.15, -0.1) is 0 Å². The van der Waals surface area contributed by atoms with Gasteiger partial charge < -0.3 is 10.1 Å². The predicted molar refractivity (Wildman–Crippen MR) is 89.1 cm³/mol. The van der Waals surface area contributed by atoms with E-state index in [2.05, 4.69) is 5.32 Å². The molecular formula is C19H20FNO3. The van der Waals surface area contributed by atoms with Crippen LogP contribution in [0.1, 0.15) is 29.3 Å². The Kier molecular flexibility index (Phi) is 6.63. The zero-order valence-corrected chi connectivity index (χ0v) is 13.5. The molecule has 2 aromatic carbocycles. The molecule has 126 valence electrons. The highest BCUT2D eigenvalue weighted by Gasteiger charge is 2.23. The molecule has 0 spiro atoms. The molecule has 0 fully saturated rings. The van der Waals surface area contributed by atoms with Gasteiger partial charge >= 0.3 is 5.97 Å². The summed E-state index contributed by atoms with van der Waals surface area (Å²) in [6.07, 6.45) is -0.101. The molecule has 1 N–H and O–H groups in total. The van der Waals surface area contributed by atoms with Gasteiger partial charge in [0.25, 0.3) is 0 Å². The molecule has 24 heavy (non-hydrogen) atoms. The van der Waals surface area contributed by atoms with Crippen molar-refractivity contribution in [2.75, 3.05) is 6.61 Å². The fraction of sp³-hybridized carbons (Fsp3) is 0.263. The Balaban J connectivity index is 2.12. The Hall–Kier alpha value is -2.53. The molecule has 0 saturated heterocycles. The molecule has 0 amide bonds. The molecular weight excluding hydrogens is 309 g/mol. The fourth-order valence-corrected chi connectivity index (χ4v) is 2.32. The molecule has 5 heteroatoms. The van der Waals surface area contributed by atoms with E-state index in [1.54, 1.807) is 49.4 Å². The number of benzene rings is 2. The average Bonchev–Trinajstić information content (AvgIpc) is 2.60. The number of Topliss-reactive ketones (excluding diaryl/α,β-unsaturated/α-hetero) is 1. The lowest BCUT2D eigenvalue weighted by atomic mass is 10.0. The lowest BCUT2D eigenvalue weighted by Crippen LogP contribution is -2.38. The third-order valence-corrected chi connectivity index (χ3v) is 3.55. The van der Waals surface area contributed by atoms with Gasteiger partial charge in [0, 0.05) is 17.7 Å². The topological polar surface area (TPSA) is 55.4 Å². The van der Waals surface area contributed by atoms with Crippen LogP contribution in [0.2, 0.25) is 0 Å². The van der Waals surface area contributed by atoms with Crippen molar-refractivity contribution < 1.29 is 18.7 Å². The van der Waals surface area contributed by atoms with Crippen molar-refractivity contribution in [1.82, 2.24) is 5.32 Å². The van der Waals surface area contributed by atoms with E-state index in [-0.39, 0.29) is 31.2 Å². The van der Waals surface area contributed by atoms with Gasteiger partial charge in [-0.05, 0) is 13.0 Å². The number of hydrogen-bond acceptors (Lipinski definition) is 4. The van der Waals surface area contributed by atoms with Gasteiger partial charge in [0.15, 0.2) is 5.78 Å². The summed E-state index contributed by atoms with van der Waals surface area (Å²) in [7, 11) is 0. The van der Waals surface area contributed by atoms with Crippen LogP contribution in [0.25, 0.3) is 0 Å². The Morgan fingerprint density at radius 2 is 1.75 bits per heavy atom. The van der Waals surface area contributed by atoms with Crippen LogP contribution in [0.15, 0.2) is 54.6 Å². The summed E-state index contributed by atoms with van der Waals surface area (Å²) in [4.78, 5) is 24.4. The van der Waals surface area contributed by atoms with Gasteiger partial charge in [-0.2, -0.15) is 0 Å². The zero-order chi connectivity index (χ0) is 17.4. The zero-order valence-electron chi connectivity index (χ0n) is 13.5. The van der Waals surface area contributed by atoms with Gasteiger partial charge in [-0.3, -0.25) is 9.59 Å². The molecule has 1 unspecified atom stereocenters. The summed E-state index contributed by atoms with van der Waals surface area (Å²) in [6.45, 7) is 2.10. The first-order valence-electron chi connectivity index (χ1n) is 7.83. The second-order valence-corrected chi connectivity index (χ2v) is 5.26. The maximum atomic E-state index is 13.7. The second kappa shape index (κ2) is 8.93. The first-order chi connectivity index (χ1) is 11.6. The van der Waals surface area contributed by atoms with Gasteiger partial charge in [-0.1, -0.05) is 48.5 Å². The molecule has 0 aliphatic rings. The van der Waals surface area contributed by atoms with Crippen molar-refractivity contribution in [1.29, 1.82) is 0 Å². The minimum absolute atomic E-state index is 0.101. The number of ketones is 1. The highest BCUT2D eigenvalue weighted by atomic mass is 19.1. The van der Waals surface area contributed by atoms with Gasteiger partial charge in [0.1, 0.15) is 5.82 Å². The summed E-state index contributed by atoms with van der Waals surface area (Å²) in [5.74, 6) is -1.04. The lowest BCUT2D eigenvalue weighted by molar-refractivity contribution is -0.143. The van der Waals surface area contributed by atoms with Crippen LogP contribution in [0, 0.1) is 5.82 Å². The SMILES string of the molecule is CCOC(=O)CC(NCc1ccccc1F)C(=O)c1ccccc1. The number of hydrogen-bond donors (Lipinski definition) is 1. The monoisotopic (exact) mass is 329 g/mol. The van der Waals surface area contributed by atoms with Gasteiger partial charge in [0.2, 0.25) is 0 Å². The quantitative estimate of drug-likeness (QED) is 0.597. The van der Waals surface area contributed by atoms with E-state index >= 15 is 0 Å². The summed E-state index contributed by atoms with van der Waals surface area (Å²) in [6, 6.07) is 14.2. The molecule has 0 bridgehead atoms. The van der Waals surface area contributed by atoms with E-state index in [9.17, 15) is 14.0 Å². The highest BCUT2D eigenvalue weighted by Crippen LogP contribution is 2.10. The molecule has 2 rings (SSSR count). The molecule has 0 aromatic heterocycles. The standard InChI is InChI=1S/C19H20FNO3/c1-2-24-18(22)12-17(19(23)14-8-4-3-5-9-14)21-13-15-10-6-7-11-16(15)20/h3-11,17,21H,2,12-13H2,1H3. The third kappa shape index (κ3) is 4.99. The molecule has 0 aliphatic carbocycles. The number of ether oxygens (including phenoxy) is 1. The number of carbonyl (C=O) groups is 2. The van der Waals surface area contributed by atoms with Crippen LogP contribution in [-0.2, 0) is 16.1 Å². The number of halogens is 1. The van der Waals surface area contributed by atoms with E-state index in [1.807, 2.05) is 6.07 Å². The molecule has 0 aliphatic heterocycles. The van der Waals surface area contributed by atoms with Crippen molar-refractivity contribution in [3.63, 3.8) is 0 Å². The summed E-state index contributed by atoms with van der Waals surface area (Å²) < 4.78 is 18.7. The number of nitrogens with one attached hydrogen (secondary N) is 1.